The molecule has 4 aromatic heterocycles. The van der Waals surface area contributed by atoms with Crippen LogP contribution < -0.4 is 0 Å². The van der Waals surface area contributed by atoms with E-state index in [-0.39, 0.29) is 0 Å². The van der Waals surface area contributed by atoms with E-state index < -0.39 is 0 Å². The molecule has 14 rings (SSSR count). The molecule has 0 amide bonds. The summed E-state index contributed by atoms with van der Waals surface area (Å²) >= 11 is 0. The van der Waals surface area contributed by atoms with E-state index in [0.717, 1.165) is 63.0 Å². The van der Waals surface area contributed by atoms with Crippen LogP contribution in [0.4, 0.5) is 0 Å². The molecular weight excluding hydrogens is 779 g/mol. The summed E-state index contributed by atoms with van der Waals surface area (Å²) in [5.74, 6) is 0. The van der Waals surface area contributed by atoms with Crippen LogP contribution >= 0.6 is 0 Å². The molecule has 0 fully saturated rings. The maximum absolute atomic E-state index is 6.45. The molecule has 0 bridgehead atoms. The molecule has 0 aliphatic heterocycles. The quantitative estimate of drug-likeness (QED) is 0.170. The van der Waals surface area contributed by atoms with Gasteiger partial charge in [-0.15, -0.1) is 0 Å². The van der Waals surface area contributed by atoms with Crippen molar-refractivity contribution in [1.82, 2.24) is 13.7 Å². The van der Waals surface area contributed by atoms with Crippen LogP contribution in [-0.2, 0) is 6.42 Å². The second-order valence-electron chi connectivity index (χ2n) is 17.2. The maximum Gasteiger partial charge on any atom is 0.135 e. The zero-order chi connectivity index (χ0) is 41.9. The van der Waals surface area contributed by atoms with E-state index in [2.05, 4.69) is 226 Å². The first-order chi connectivity index (χ1) is 31.7. The van der Waals surface area contributed by atoms with Crippen LogP contribution in [0, 0.1) is 0 Å². The third-order valence-corrected chi connectivity index (χ3v) is 13.7. The second kappa shape index (κ2) is 13.6. The highest BCUT2D eigenvalue weighted by molar-refractivity contribution is 6.12. The zero-order valence-corrected chi connectivity index (χ0v) is 34.9. The molecule has 13 aromatic rings. The Labute approximate surface area is 368 Å². The van der Waals surface area contributed by atoms with E-state index in [1.807, 2.05) is 0 Å². The minimum Gasteiger partial charge on any atom is -0.456 e. The second-order valence-corrected chi connectivity index (χ2v) is 17.2. The zero-order valence-electron chi connectivity index (χ0n) is 34.9. The molecular formula is C60H39N3O. The highest BCUT2D eigenvalue weighted by Gasteiger charge is 2.21. The highest BCUT2D eigenvalue weighted by Crippen LogP contribution is 2.41. The number of hydrogen-bond donors (Lipinski definition) is 0. The summed E-state index contributed by atoms with van der Waals surface area (Å²) in [5.41, 5.74) is 18.6. The molecule has 4 nitrogen and oxygen atoms in total. The van der Waals surface area contributed by atoms with Crippen molar-refractivity contribution in [1.29, 1.82) is 0 Å². The summed E-state index contributed by atoms with van der Waals surface area (Å²) in [4.78, 5) is 0. The predicted octanol–water partition coefficient (Wildman–Crippen LogP) is 16.0. The summed E-state index contributed by atoms with van der Waals surface area (Å²) in [6, 6.07) is 73.2. The van der Waals surface area contributed by atoms with E-state index in [0.29, 0.717) is 0 Å². The number of allylic oxidation sites excluding steroid dienone is 1. The number of hydrogen-bond acceptors (Lipinski definition) is 1. The SMILES string of the molecule is C1=Cc2c(c3ccccc3n2-c2cc(-c3ccc(-c4ccc5oc6ccc(-n7c8ccccc8c8ccccc87)cc6c5c4)cc3)cc(-n3c4ccccc4c4ccccc43)c2)CC1. The van der Waals surface area contributed by atoms with Gasteiger partial charge in [0, 0.05) is 60.5 Å². The smallest absolute Gasteiger partial charge is 0.135 e. The average molecular weight is 818 g/mol. The van der Waals surface area contributed by atoms with E-state index in [4.69, 9.17) is 4.42 Å². The summed E-state index contributed by atoms with van der Waals surface area (Å²) in [5, 5.41) is 8.57. The maximum atomic E-state index is 6.45. The van der Waals surface area contributed by atoms with Crippen molar-refractivity contribution in [3.05, 3.63) is 218 Å². The lowest BCUT2D eigenvalue weighted by Crippen LogP contribution is -2.03. The third kappa shape index (κ3) is 5.17. The Bertz CT molecular complexity index is 3970. The van der Waals surface area contributed by atoms with Gasteiger partial charge in [0.2, 0.25) is 0 Å². The van der Waals surface area contributed by atoms with Crippen molar-refractivity contribution in [3.63, 3.8) is 0 Å². The van der Waals surface area contributed by atoms with Crippen LogP contribution in [0.2, 0.25) is 0 Å². The third-order valence-electron chi connectivity index (χ3n) is 13.7. The van der Waals surface area contributed by atoms with Crippen LogP contribution in [-0.4, -0.2) is 13.7 Å². The Morgan fingerprint density at radius 1 is 0.328 bits per heavy atom. The molecule has 4 heteroatoms. The van der Waals surface area contributed by atoms with E-state index in [9.17, 15) is 0 Å². The molecule has 1 aliphatic carbocycles. The van der Waals surface area contributed by atoms with Gasteiger partial charge in [-0.25, -0.2) is 0 Å². The van der Waals surface area contributed by atoms with Crippen LogP contribution in [0.3, 0.4) is 0 Å². The van der Waals surface area contributed by atoms with Crippen LogP contribution in [0.25, 0.3) is 122 Å². The summed E-state index contributed by atoms with van der Waals surface area (Å²) < 4.78 is 13.7. The number of nitrogens with zero attached hydrogens (tertiary/aromatic N) is 3. The van der Waals surface area contributed by atoms with Crippen molar-refractivity contribution in [2.75, 3.05) is 0 Å². The van der Waals surface area contributed by atoms with Crippen molar-refractivity contribution in [2.24, 2.45) is 0 Å². The van der Waals surface area contributed by atoms with Crippen LogP contribution in [0.1, 0.15) is 17.7 Å². The standard InChI is InChI=1S/C60H39N3O/c1-7-19-53-45(13-1)46-14-2-8-20-54(46)61(53)42-30-32-60-52(37-42)51-35-40(29-31-59(51)64-60)38-25-27-39(28-26-38)41-33-43(62-55-21-9-3-15-47(55)48-16-4-10-22-56(48)62)36-44(34-41)63-57-23-11-5-17-49(57)50-18-6-12-24-58(50)63/h1-5,7-17,19-37H,6,18H2. The number of aromatic nitrogens is 3. The molecule has 0 radical (unpaired) electrons. The molecule has 0 unspecified atom stereocenters. The molecule has 300 valence electrons. The molecule has 64 heavy (non-hydrogen) atoms. The molecule has 1 aliphatic rings. The van der Waals surface area contributed by atoms with Crippen LogP contribution in [0.5, 0.6) is 0 Å². The van der Waals surface area contributed by atoms with Crippen molar-refractivity contribution in [2.45, 2.75) is 12.8 Å². The molecule has 0 atom stereocenters. The number of para-hydroxylation sites is 5. The van der Waals surface area contributed by atoms with E-state index >= 15 is 0 Å². The van der Waals surface area contributed by atoms with Gasteiger partial charge >= 0.3 is 0 Å². The first-order valence-electron chi connectivity index (χ1n) is 22.2. The van der Waals surface area contributed by atoms with Gasteiger partial charge in [0.05, 0.1) is 27.6 Å². The summed E-state index contributed by atoms with van der Waals surface area (Å²) in [6.45, 7) is 0. The number of fused-ring (bicyclic) bond motifs is 12. The van der Waals surface area contributed by atoms with Gasteiger partial charge in [-0.1, -0.05) is 127 Å². The van der Waals surface area contributed by atoms with Crippen molar-refractivity contribution in [3.8, 4) is 39.3 Å². The first-order valence-corrected chi connectivity index (χ1v) is 22.2. The van der Waals surface area contributed by atoms with Gasteiger partial charge in [0.15, 0.2) is 0 Å². The topological polar surface area (TPSA) is 27.9 Å². The fourth-order valence-corrected chi connectivity index (χ4v) is 10.8. The molecule has 4 heterocycles. The molecule has 9 aromatic carbocycles. The van der Waals surface area contributed by atoms with Crippen LogP contribution in [0.15, 0.2) is 211 Å². The van der Waals surface area contributed by atoms with Crippen molar-refractivity contribution >= 4 is 82.5 Å². The van der Waals surface area contributed by atoms with Gasteiger partial charge in [0.1, 0.15) is 11.2 Å². The summed E-state index contributed by atoms with van der Waals surface area (Å²) in [6.07, 6.45) is 6.75. The van der Waals surface area contributed by atoms with Gasteiger partial charge in [-0.3, -0.25) is 0 Å². The van der Waals surface area contributed by atoms with Gasteiger partial charge < -0.3 is 18.1 Å². The van der Waals surface area contributed by atoms with E-state index in [1.165, 1.54) is 76.9 Å². The minimum absolute atomic E-state index is 0.887. The molecule has 0 N–H and O–H groups in total. The largest absolute Gasteiger partial charge is 0.456 e. The Morgan fingerprint density at radius 3 is 1.38 bits per heavy atom. The predicted molar refractivity (Wildman–Crippen MR) is 267 cm³/mol. The number of aryl methyl sites for hydroxylation is 1. The average Bonchev–Trinajstić information content (AvgIpc) is 4.10. The highest BCUT2D eigenvalue weighted by atomic mass is 16.3. The lowest BCUT2D eigenvalue weighted by molar-refractivity contribution is 0.669. The fraction of sp³-hybridized carbons (Fsp3) is 0.0333. The van der Waals surface area contributed by atoms with Gasteiger partial charge in [0.25, 0.3) is 0 Å². The number of benzene rings is 9. The Kier molecular flexibility index (Phi) is 7.48. The lowest BCUT2D eigenvalue weighted by Gasteiger charge is -2.17. The minimum atomic E-state index is 0.887. The van der Waals surface area contributed by atoms with Crippen molar-refractivity contribution < 1.29 is 4.42 Å². The molecule has 0 spiro atoms. The Hall–Kier alpha value is -8.34. The summed E-state index contributed by atoms with van der Waals surface area (Å²) in [7, 11) is 0. The van der Waals surface area contributed by atoms with Gasteiger partial charge in [-0.05, 0) is 126 Å². The fourth-order valence-electron chi connectivity index (χ4n) is 10.8. The Morgan fingerprint density at radius 2 is 0.781 bits per heavy atom. The number of furan rings is 1. The first kappa shape index (κ1) is 35.3. The Balaban J connectivity index is 0.912. The molecule has 0 saturated heterocycles. The van der Waals surface area contributed by atoms with E-state index in [1.54, 1.807) is 0 Å². The normalized spacial score (nSPS) is 12.8. The molecule has 0 saturated carbocycles. The lowest BCUT2D eigenvalue weighted by atomic mass is 9.98. The monoisotopic (exact) mass is 817 g/mol. The number of rotatable bonds is 5. The van der Waals surface area contributed by atoms with Gasteiger partial charge in [-0.2, -0.15) is 0 Å².